The molecule has 1 N–H and O–H groups in total. The van der Waals surface area contributed by atoms with Gasteiger partial charge in [-0.25, -0.2) is 13.1 Å². The average molecular weight is 284 g/mol. The Hall–Kier alpha value is -1.54. The van der Waals surface area contributed by atoms with E-state index in [-0.39, 0.29) is 18.5 Å². The third-order valence-corrected chi connectivity index (χ3v) is 3.65. The quantitative estimate of drug-likeness (QED) is 0.818. The zero-order chi connectivity index (χ0) is 13.9. The van der Waals surface area contributed by atoms with E-state index in [1.165, 1.54) is 0 Å². The molecule has 1 unspecified atom stereocenters. The summed E-state index contributed by atoms with van der Waals surface area (Å²) in [6.07, 6.45) is 7.54. The fraction of sp³-hybridized carbons (Fsp3) is 0.545. The Bertz CT molecular complexity index is 546. The molecule has 2 rings (SSSR count). The van der Waals surface area contributed by atoms with Crippen LogP contribution in [0.25, 0.3) is 0 Å². The van der Waals surface area contributed by atoms with Crippen molar-refractivity contribution in [3.05, 3.63) is 24.3 Å². The molecule has 1 amide bonds. The van der Waals surface area contributed by atoms with Crippen LogP contribution in [0.3, 0.4) is 0 Å². The maximum absolute atomic E-state index is 12.0. The summed E-state index contributed by atoms with van der Waals surface area (Å²) in [7, 11) is -3.36. The van der Waals surface area contributed by atoms with Gasteiger partial charge in [-0.2, -0.15) is 0 Å². The number of sulfonamides is 1. The topological polar surface area (TPSA) is 92.3 Å². The molecule has 0 aliphatic carbocycles. The number of amides is 1. The summed E-state index contributed by atoms with van der Waals surface area (Å²) in [4.78, 5) is 21.9. The normalized spacial score (nSPS) is 19.6. The second-order valence-corrected chi connectivity index (χ2v) is 6.30. The fourth-order valence-corrected chi connectivity index (χ4v) is 2.54. The number of hydrogen-bond donors (Lipinski definition) is 1. The Labute approximate surface area is 112 Å². The number of hydrogen-bond acceptors (Lipinski definition) is 5. The standard InChI is InChI=1S/C11H16N4O3S/c1-19(17,18)14-8-11(16)15-6-2-3-10(15)9-7-12-4-5-13-9/h4-5,7,10,14H,2-3,6,8H2,1H3. The van der Waals surface area contributed by atoms with Crippen LogP contribution >= 0.6 is 0 Å². The van der Waals surface area contributed by atoms with E-state index in [1.54, 1.807) is 23.5 Å². The van der Waals surface area contributed by atoms with E-state index in [0.717, 1.165) is 24.8 Å². The number of nitrogens with one attached hydrogen (secondary N) is 1. The van der Waals surface area contributed by atoms with Gasteiger partial charge in [-0.3, -0.25) is 14.8 Å². The van der Waals surface area contributed by atoms with Gasteiger partial charge >= 0.3 is 0 Å². The molecular weight excluding hydrogens is 268 g/mol. The maximum Gasteiger partial charge on any atom is 0.238 e. The number of carbonyl (C=O) groups is 1. The van der Waals surface area contributed by atoms with Crippen molar-refractivity contribution < 1.29 is 13.2 Å². The number of carbonyl (C=O) groups excluding carboxylic acids is 1. The van der Waals surface area contributed by atoms with Crippen molar-refractivity contribution in [1.29, 1.82) is 0 Å². The van der Waals surface area contributed by atoms with Gasteiger partial charge in [0.2, 0.25) is 15.9 Å². The van der Waals surface area contributed by atoms with Crippen LogP contribution in [-0.2, 0) is 14.8 Å². The summed E-state index contributed by atoms with van der Waals surface area (Å²) in [5.74, 6) is -0.237. The summed E-state index contributed by atoms with van der Waals surface area (Å²) in [5.41, 5.74) is 0.743. The molecule has 2 heterocycles. The third-order valence-electron chi connectivity index (χ3n) is 2.98. The van der Waals surface area contributed by atoms with Crippen LogP contribution in [0.1, 0.15) is 24.6 Å². The van der Waals surface area contributed by atoms with E-state index in [9.17, 15) is 13.2 Å². The lowest BCUT2D eigenvalue weighted by atomic mass is 10.1. The highest BCUT2D eigenvalue weighted by atomic mass is 32.2. The molecular formula is C11H16N4O3S. The molecule has 0 spiro atoms. The van der Waals surface area contributed by atoms with Gasteiger partial charge in [0.1, 0.15) is 0 Å². The second-order valence-electron chi connectivity index (χ2n) is 4.47. The van der Waals surface area contributed by atoms with Crippen molar-refractivity contribution in [3.63, 3.8) is 0 Å². The number of nitrogens with zero attached hydrogens (tertiary/aromatic N) is 3. The van der Waals surface area contributed by atoms with E-state index in [0.29, 0.717) is 6.54 Å². The number of likely N-dealkylation sites (tertiary alicyclic amines) is 1. The third kappa shape index (κ3) is 3.71. The Morgan fingerprint density at radius 1 is 1.53 bits per heavy atom. The minimum atomic E-state index is -3.36. The van der Waals surface area contributed by atoms with Crippen LogP contribution < -0.4 is 4.72 Å². The van der Waals surface area contributed by atoms with Gasteiger partial charge in [-0.15, -0.1) is 0 Å². The SMILES string of the molecule is CS(=O)(=O)NCC(=O)N1CCCC1c1cnccn1. The molecule has 1 atom stereocenters. The molecule has 7 nitrogen and oxygen atoms in total. The summed E-state index contributed by atoms with van der Waals surface area (Å²) < 4.78 is 24.2. The number of aromatic nitrogens is 2. The lowest BCUT2D eigenvalue weighted by Crippen LogP contribution is -2.39. The molecule has 0 radical (unpaired) electrons. The minimum Gasteiger partial charge on any atom is -0.333 e. The van der Waals surface area contributed by atoms with Gasteiger partial charge in [0.15, 0.2) is 0 Å². The molecule has 19 heavy (non-hydrogen) atoms. The van der Waals surface area contributed by atoms with E-state index < -0.39 is 10.0 Å². The molecule has 1 fully saturated rings. The molecule has 1 aromatic rings. The van der Waals surface area contributed by atoms with Crippen molar-refractivity contribution in [1.82, 2.24) is 19.6 Å². The summed E-state index contributed by atoms with van der Waals surface area (Å²) in [6.45, 7) is 0.404. The van der Waals surface area contributed by atoms with Crippen molar-refractivity contribution in [2.24, 2.45) is 0 Å². The van der Waals surface area contributed by atoms with Crippen molar-refractivity contribution in [2.45, 2.75) is 18.9 Å². The second kappa shape index (κ2) is 5.62. The van der Waals surface area contributed by atoms with Gasteiger partial charge in [0.05, 0.1) is 30.7 Å². The van der Waals surface area contributed by atoms with Crippen molar-refractivity contribution >= 4 is 15.9 Å². The van der Waals surface area contributed by atoms with Gasteiger partial charge < -0.3 is 4.90 Å². The highest BCUT2D eigenvalue weighted by Crippen LogP contribution is 2.29. The molecule has 1 saturated heterocycles. The summed E-state index contributed by atoms with van der Waals surface area (Å²) in [6, 6.07) is -0.109. The molecule has 104 valence electrons. The van der Waals surface area contributed by atoms with Gasteiger partial charge in [0, 0.05) is 18.9 Å². The molecule has 8 heteroatoms. The first-order chi connectivity index (χ1) is 8.97. The number of rotatable bonds is 4. The lowest BCUT2D eigenvalue weighted by Gasteiger charge is -2.24. The molecule has 1 aromatic heterocycles. The highest BCUT2D eigenvalue weighted by Gasteiger charge is 2.30. The average Bonchev–Trinajstić information content (AvgIpc) is 2.85. The molecule has 0 bridgehead atoms. The summed E-state index contributed by atoms with van der Waals surface area (Å²) >= 11 is 0. The van der Waals surface area contributed by atoms with Crippen LogP contribution in [0.2, 0.25) is 0 Å². The van der Waals surface area contributed by atoms with Crippen molar-refractivity contribution in [3.8, 4) is 0 Å². The van der Waals surface area contributed by atoms with Crippen LogP contribution in [0, 0.1) is 0 Å². The van der Waals surface area contributed by atoms with E-state index in [2.05, 4.69) is 14.7 Å². The van der Waals surface area contributed by atoms with E-state index >= 15 is 0 Å². The predicted octanol–water partition coefficient (Wildman–Crippen LogP) is -0.311. The van der Waals surface area contributed by atoms with Gasteiger partial charge in [-0.1, -0.05) is 0 Å². The van der Waals surface area contributed by atoms with Gasteiger partial charge in [-0.05, 0) is 12.8 Å². The largest absolute Gasteiger partial charge is 0.333 e. The smallest absolute Gasteiger partial charge is 0.238 e. The Morgan fingerprint density at radius 2 is 2.32 bits per heavy atom. The predicted molar refractivity (Wildman–Crippen MR) is 68.6 cm³/mol. The first-order valence-corrected chi connectivity index (χ1v) is 7.86. The minimum absolute atomic E-state index is 0.109. The van der Waals surface area contributed by atoms with Gasteiger partial charge in [0.25, 0.3) is 0 Å². The Morgan fingerprint density at radius 3 is 2.95 bits per heavy atom. The van der Waals surface area contributed by atoms with Crippen LogP contribution in [-0.4, -0.2) is 48.5 Å². The zero-order valence-electron chi connectivity index (χ0n) is 10.6. The van der Waals surface area contributed by atoms with Crippen molar-refractivity contribution in [2.75, 3.05) is 19.3 Å². The lowest BCUT2D eigenvalue weighted by molar-refractivity contribution is -0.130. The van der Waals surface area contributed by atoms with E-state index in [1.807, 2.05) is 0 Å². The zero-order valence-corrected chi connectivity index (χ0v) is 11.4. The summed E-state index contributed by atoms with van der Waals surface area (Å²) in [5, 5.41) is 0. The monoisotopic (exact) mass is 284 g/mol. The Kier molecular flexibility index (Phi) is 4.11. The highest BCUT2D eigenvalue weighted by molar-refractivity contribution is 7.88. The molecule has 0 saturated carbocycles. The van der Waals surface area contributed by atoms with Crippen LogP contribution in [0.15, 0.2) is 18.6 Å². The van der Waals surface area contributed by atoms with Crippen LogP contribution in [0.5, 0.6) is 0 Å². The molecule has 1 aliphatic heterocycles. The Balaban J connectivity index is 2.05. The first-order valence-electron chi connectivity index (χ1n) is 5.97. The molecule has 0 aromatic carbocycles. The molecule has 1 aliphatic rings. The fourth-order valence-electron chi connectivity index (χ4n) is 2.15. The first kappa shape index (κ1) is 13.9. The maximum atomic E-state index is 12.0. The van der Waals surface area contributed by atoms with Crippen LogP contribution in [0.4, 0.5) is 0 Å². The van der Waals surface area contributed by atoms with E-state index in [4.69, 9.17) is 0 Å².